The number of carbonyl (C=O) groups excluding carboxylic acids is 1. The van der Waals surface area contributed by atoms with E-state index in [0.717, 1.165) is 13.1 Å². The molecule has 21 heavy (non-hydrogen) atoms. The van der Waals surface area contributed by atoms with Crippen LogP contribution in [0.3, 0.4) is 0 Å². The molecule has 1 aliphatic rings. The summed E-state index contributed by atoms with van der Waals surface area (Å²) in [6, 6.07) is 0.175. The van der Waals surface area contributed by atoms with Gasteiger partial charge in [0.1, 0.15) is 4.90 Å². The Labute approximate surface area is 130 Å². The minimum absolute atomic E-state index is 0. The second-order valence-corrected chi connectivity index (χ2v) is 6.44. The Bertz CT molecular complexity index is 588. The predicted molar refractivity (Wildman–Crippen MR) is 79.5 cm³/mol. The summed E-state index contributed by atoms with van der Waals surface area (Å²) in [6.07, 6.45) is 2.81. The molecule has 3 N–H and O–H groups in total. The maximum absolute atomic E-state index is 12.1. The average Bonchev–Trinajstić information content (AvgIpc) is 2.85. The lowest BCUT2D eigenvalue weighted by Crippen LogP contribution is -2.52. The van der Waals surface area contributed by atoms with E-state index >= 15 is 0 Å². The molecule has 1 aliphatic heterocycles. The molecule has 10 heteroatoms. The van der Waals surface area contributed by atoms with E-state index in [4.69, 9.17) is 5.14 Å². The molecule has 1 atom stereocenters. The number of halogens is 1. The van der Waals surface area contributed by atoms with Gasteiger partial charge in [0.05, 0.1) is 6.20 Å². The number of carbonyl (C=O) groups is 1. The molecular formula is C11H20ClN5O3S. The van der Waals surface area contributed by atoms with Crippen molar-refractivity contribution in [3.8, 4) is 0 Å². The van der Waals surface area contributed by atoms with E-state index in [0.29, 0.717) is 13.1 Å². The second-order valence-electron chi connectivity index (χ2n) is 4.87. The number of hydrogen-bond acceptors (Lipinski definition) is 5. The van der Waals surface area contributed by atoms with E-state index in [1.165, 1.54) is 17.1 Å². The number of hydrogen-bond donors (Lipinski definition) is 2. The van der Waals surface area contributed by atoms with Crippen LogP contribution in [0.1, 0.15) is 13.3 Å². The molecule has 2 heterocycles. The van der Waals surface area contributed by atoms with Crippen molar-refractivity contribution >= 4 is 28.3 Å². The number of nitrogens with zero attached hydrogens (tertiary/aromatic N) is 3. The number of piperazine rings is 1. The van der Waals surface area contributed by atoms with Crippen LogP contribution in [0.2, 0.25) is 0 Å². The van der Waals surface area contributed by atoms with Gasteiger partial charge < -0.3 is 10.2 Å². The molecule has 0 aliphatic carbocycles. The first-order valence-electron chi connectivity index (χ1n) is 6.43. The van der Waals surface area contributed by atoms with E-state index in [1.807, 2.05) is 11.8 Å². The normalized spacial score (nSPS) is 19.1. The van der Waals surface area contributed by atoms with Crippen LogP contribution < -0.4 is 10.5 Å². The van der Waals surface area contributed by atoms with Crippen LogP contribution in [0.15, 0.2) is 17.3 Å². The number of amides is 1. The standard InChI is InChI=1S/C11H19N5O3S.ClH/c1-9-6-13-3-5-16(9)11(17)2-4-15-8-10(7-14-15)20(12,18)19;/h7-9,13H,2-6H2,1H3,(H2,12,18,19);1H/t9-;/m1./s1. The van der Waals surface area contributed by atoms with Gasteiger partial charge in [-0.2, -0.15) is 5.10 Å². The number of aromatic nitrogens is 2. The first-order chi connectivity index (χ1) is 9.38. The molecule has 0 bridgehead atoms. The van der Waals surface area contributed by atoms with E-state index < -0.39 is 10.0 Å². The average molecular weight is 338 g/mol. The largest absolute Gasteiger partial charge is 0.337 e. The van der Waals surface area contributed by atoms with Crippen molar-refractivity contribution in [2.45, 2.75) is 30.8 Å². The molecule has 1 amide bonds. The van der Waals surface area contributed by atoms with E-state index in [9.17, 15) is 13.2 Å². The fourth-order valence-corrected chi connectivity index (χ4v) is 2.64. The molecule has 1 aromatic heterocycles. The zero-order chi connectivity index (χ0) is 14.8. The molecule has 1 aromatic rings. The predicted octanol–water partition coefficient (Wildman–Crippen LogP) is -0.837. The Balaban J connectivity index is 0.00000220. The summed E-state index contributed by atoms with van der Waals surface area (Å²) in [5, 5.41) is 12.1. The van der Waals surface area contributed by atoms with Crippen LogP contribution in [0.4, 0.5) is 0 Å². The lowest BCUT2D eigenvalue weighted by Gasteiger charge is -2.34. The van der Waals surface area contributed by atoms with Crippen LogP contribution in [0, 0.1) is 0 Å². The number of rotatable bonds is 4. The van der Waals surface area contributed by atoms with Gasteiger partial charge in [-0.1, -0.05) is 0 Å². The summed E-state index contributed by atoms with van der Waals surface area (Å²) >= 11 is 0. The summed E-state index contributed by atoms with van der Waals surface area (Å²) in [5.74, 6) is 0.0478. The Hall–Kier alpha value is -1.16. The molecule has 0 spiro atoms. The number of nitrogens with one attached hydrogen (secondary N) is 1. The maximum atomic E-state index is 12.1. The topological polar surface area (TPSA) is 110 Å². The Morgan fingerprint density at radius 1 is 1.57 bits per heavy atom. The molecule has 2 rings (SSSR count). The smallest absolute Gasteiger partial charge is 0.241 e. The van der Waals surface area contributed by atoms with Crippen molar-refractivity contribution in [2.24, 2.45) is 5.14 Å². The van der Waals surface area contributed by atoms with Crippen LogP contribution in [-0.2, 0) is 21.4 Å². The third kappa shape index (κ3) is 4.67. The zero-order valence-electron chi connectivity index (χ0n) is 11.7. The molecule has 8 nitrogen and oxygen atoms in total. The molecule has 1 saturated heterocycles. The van der Waals surface area contributed by atoms with Gasteiger partial charge in [0.25, 0.3) is 0 Å². The molecule has 0 radical (unpaired) electrons. The first-order valence-corrected chi connectivity index (χ1v) is 7.98. The Morgan fingerprint density at radius 3 is 2.86 bits per heavy atom. The summed E-state index contributed by atoms with van der Waals surface area (Å²) in [4.78, 5) is 13.9. The van der Waals surface area contributed by atoms with Gasteiger partial charge in [-0.15, -0.1) is 12.4 Å². The molecule has 0 unspecified atom stereocenters. The summed E-state index contributed by atoms with van der Waals surface area (Å²) in [5.41, 5.74) is 0. The van der Waals surface area contributed by atoms with E-state index in [1.54, 1.807) is 0 Å². The van der Waals surface area contributed by atoms with Crippen molar-refractivity contribution in [1.82, 2.24) is 20.0 Å². The van der Waals surface area contributed by atoms with E-state index in [2.05, 4.69) is 10.4 Å². The summed E-state index contributed by atoms with van der Waals surface area (Å²) < 4.78 is 23.7. The van der Waals surface area contributed by atoms with Crippen molar-refractivity contribution < 1.29 is 13.2 Å². The number of sulfonamides is 1. The van der Waals surface area contributed by atoms with Gasteiger partial charge in [-0.25, -0.2) is 13.6 Å². The third-order valence-corrected chi connectivity index (χ3v) is 4.18. The van der Waals surface area contributed by atoms with Crippen molar-refractivity contribution in [3.63, 3.8) is 0 Å². The van der Waals surface area contributed by atoms with Crippen LogP contribution in [0.25, 0.3) is 0 Å². The summed E-state index contributed by atoms with van der Waals surface area (Å²) in [7, 11) is -3.74. The van der Waals surface area contributed by atoms with Gasteiger partial charge >= 0.3 is 0 Å². The zero-order valence-corrected chi connectivity index (χ0v) is 13.4. The van der Waals surface area contributed by atoms with Gasteiger partial charge in [-0.05, 0) is 6.92 Å². The highest BCUT2D eigenvalue weighted by Gasteiger charge is 2.22. The lowest BCUT2D eigenvalue weighted by molar-refractivity contribution is -0.134. The van der Waals surface area contributed by atoms with Gasteiger partial charge in [0.2, 0.25) is 15.9 Å². The molecule has 1 fully saturated rings. The monoisotopic (exact) mass is 337 g/mol. The minimum Gasteiger partial charge on any atom is -0.337 e. The molecular weight excluding hydrogens is 318 g/mol. The van der Waals surface area contributed by atoms with E-state index in [-0.39, 0.29) is 35.7 Å². The lowest BCUT2D eigenvalue weighted by atomic mass is 10.2. The molecule has 0 aromatic carbocycles. The van der Waals surface area contributed by atoms with Gasteiger partial charge in [0.15, 0.2) is 0 Å². The highest BCUT2D eigenvalue weighted by molar-refractivity contribution is 7.89. The highest BCUT2D eigenvalue weighted by atomic mass is 35.5. The van der Waals surface area contributed by atoms with Crippen LogP contribution in [-0.4, -0.2) is 54.7 Å². The number of primary sulfonamides is 1. The van der Waals surface area contributed by atoms with Gasteiger partial charge in [0, 0.05) is 44.8 Å². The first kappa shape index (κ1) is 17.9. The Morgan fingerprint density at radius 2 is 2.29 bits per heavy atom. The van der Waals surface area contributed by atoms with Crippen molar-refractivity contribution in [2.75, 3.05) is 19.6 Å². The second kappa shape index (κ2) is 7.21. The number of nitrogens with two attached hydrogens (primary N) is 1. The number of aryl methyl sites for hydroxylation is 1. The quantitative estimate of drug-likeness (QED) is 0.744. The Kier molecular flexibility index (Phi) is 6.14. The third-order valence-electron chi connectivity index (χ3n) is 3.31. The van der Waals surface area contributed by atoms with Crippen LogP contribution >= 0.6 is 12.4 Å². The fourth-order valence-electron chi connectivity index (χ4n) is 2.18. The minimum atomic E-state index is -3.74. The highest BCUT2D eigenvalue weighted by Crippen LogP contribution is 2.08. The maximum Gasteiger partial charge on any atom is 0.241 e. The summed E-state index contributed by atoms with van der Waals surface area (Å²) in [6.45, 7) is 4.63. The SMILES string of the molecule is C[C@@H]1CNCCN1C(=O)CCn1cc(S(N)(=O)=O)cn1.Cl. The van der Waals surface area contributed by atoms with Gasteiger partial charge in [-0.3, -0.25) is 9.48 Å². The molecule has 0 saturated carbocycles. The fraction of sp³-hybridized carbons (Fsp3) is 0.636. The van der Waals surface area contributed by atoms with Crippen molar-refractivity contribution in [1.29, 1.82) is 0 Å². The van der Waals surface area contributed by atoms with Crippen LogP contribution in [0.5, 0.6) is 0 Å². The van der Waals surface area contributed by atoms with Crippen molar-refractivity contribution in [3.05, 3.63) is 12.4 Å². The molecule has 120 valence electrons.